The summed E-state index contributed by atoms with van der Waals surface area (Å²) in [5.41, 5.74) is 3.05. The third kappa shape index (κ3) is 3.84. The van der Waals surface area contributed by atoms with Gasteiger partial charge in [0.05, 0.1) is 5.69 Å². The second-order valence-electron chi connectivity index (χ2n) is 8.03. The number of nitrogens with zero attached hydrogens (tertiary/aromatic N) is 2. The van der Waals surface area contributed by atoms with Crippen molar-refractivity contribution < 1.29 is 18.8 Å². The predicted octanol–water partition coefficient (Wildman–Crippen LogP) is 4.46. The molecule has 5 rings (SSSR count). The molecule has 0 radical (unpaired) electrons. The number of halogens is 2. The van der Waals surface area contributed by atoms with Gasteiger partial charge in [-0.15, -0.1) is 0 Å². The standard InChI is InChI=1S/C26H19ClFN3O3/c27-22-23(26(34)31(25(22)33)21-8-4-3-7-20(21)28)29-19-11-9-17(10-12-19)24(32)30-14-13-16-5-1-2-6-18(16)15-30/h1-12,29H,13-15H2. The summed E-state index contributed by atoms with van der Waals surface area (Å²) < 4.78 is 14.2. The fraction of sp³-hybridized carbons (Fsp3) is 0.115. The highest BCUT2D eigenvalue weighted by Crippen LogP contribution is 2.31. The maximum atomic E-state index is 14.2. The third-order valence-electron chi connectivity index (χ3n) is 5.94. The van der Waals surface area contributed by atoms with Gasteiger partial charge in [0.25, 0.3) is 17.7 Å². The Hall–Kier alpha value is -3.97. The Morgan fingerprint density at radius 2 is 1.56 bits per heavy atom. The van der Waals surface area contributed by atoms with Gasteiger partial charge in [-0.1, -0.05) is 48.0 Å². The summed E-state index contributed by atoms with van der Waals surface area (Å²) in [7, 11) is 0. The van der Waals surface area contributed by atoms with Crippen LogP contribution < -0.4 is 10.2 Å². The first-order valence-corrected chi connectivity index (χ1v) is 11.1. The number of carbonyl (C=O) groups excluding carboxylic acids is 3. The number of fused-ring (bicyclic) bond motifs is 1. The van der Waals surface area contributed by atoms with Crippen LogP contribution in [0.25, 0.3) is 0 Å². The first-order chi connectivity index (χ1) is 16.4. The Labute approximate surface area is 200 Å². The molecule has 0 saturated heterocycles. The second kappa shape index (κ2) is 8.76. The zero-order valence-electron chi connectivity index (χ0n) is 17.9. The number of carbonyl (C=O) groups is 3. The topological polar surface area (TPSA) is 69.7 Å². The second-order valence-corrected chi connectivity index (χ2v) is 8.41. The van der Waals surface area contributed by atoms with E-state index >= 15 is 0 Å². The van der Waals surface area contributed by atoms with E-state index in [9.17, 15) is 18.8 Å². The summed E-state index contributed by atoms with van der Waals surface area (Å²) in [6, 6.07) is 20.1. The first kappa shape index (κ1) is 21.9. The van der Waals surface area contributed by atoms with Crippen LogP contribution in [0.4, 0.5) is 15.8 Å². The van der Waals surface area contributed by atoms with Crippen LogP contribution in [0.2, 0.25) is 0 Å². The van der Waals surface area contributed by atoms with Crippen LogP contribution in [-0.4, -0.2) is 29.2 Å². The van der Waals surface area contributed by atoms with Crippen molar-refractivity contribution >= 4 is 40.7 Å². The molecule has 2 heterocycles. The molecule has 0 fully saturated rings. The Balaban J connectivity index is 1.31. The monoisotopic (exact) mass is 475 g/mol. The van der Waals surface area contributed by atoms with E-state index in [-0.39, 0.29) is 22.3 Å². The molecule has 3 amide bonds. The number of imide groups is 1. The van der Waals surface area contributed by atoms with E-state index in [1.807, 2.05) is 18.2 Å². The number of amides is 3. The Bertz CT molecular complexity index is 1350. The molecule has 0 aromatic heterocycles. The van der Waals surface area contributed by atoms with E-state index in [4.69, 9.17) is 11.6 Å². The van der Waals surface area contributed by atoms with E-state index in [1.54, 1.807) is 29.2 Å². The molecule has 3 aromatic rings. The molecule has 0 aliphatic carbocycles. The van der Waals surface area contributed by atoms with E-state index in [0.29, 0.717) is 29.2 Å². The highest BCUT2D eigenvalue weighted by atomic mass is 35.5. The van der Waals surface area contributed by atoms with Gasteiger partial charge in [-0.05, 0) is 53.9 Å². The Morgan fingerprint density at radius 3 is 2.29 bits per heavy atom. The van der Waals surface area contributed by atoms with Crippen LogP contribution in [0.5, 0.6) is 0 Å². The molecule has 2 aliphatic rings. The molecule has 8 heteroatoms. The summed E-state index contributed by atoms with van der Waals surface area (Å²) >= 11 is 6.12. The van der Waals surface area contributed by atoms with E-state index in [2.05, 4.69) is 11.4 Å². The van der Waals surface area contributed by atoms with Crippen LogP contribution in [-0.2, 0) is 22.6 Å². The number of anilines is 2. The van der Waals surface area contributed by atoms with Crippen molar-refractivity contribution in [3.8, 4) is 0 Å². The largest absolute Gasteiger partial charge is 0.350 e. The molecule has 6 nitrogen and oxygen atoms in total. The van der Waals surface area contributed by atoms with Gasteiger partial charge in [0.2, 0.25) is 0 Å². The smallest absolute Gasteiger partial charge is 0.283 e. The van der Waals surface area contributed by atoms with Crippen molar-refractivity contribution in [2.45, 2.75) is 13.0 Å². The lowest BCUT2D eigenvalue weighted by atomic mass is 9.99. The van der Waals surface area contributed by atoms with E-state index in [0.717, 1.165) is 18.1 Å². The highest BCUT2D eigenvalue weighted by molar-refractivity contribution is 6.53. The number of benzene rings is 3. The van der Waals surface area contributed by atoms with Crippen molar-refractivity contribution in [1.29, 1.82) is 0 Å². The van der Waals surface area contributed by atoms with Crippen molar-refractivity contribution in [3.63, 3.8) is 0 Å². The van der Waals surface area contributed by atoms with Gasteiger partial charge in [0, 0.05) is 24.3 Å². The van der Waals surface area contributed by atoms with Crippen molar-refractivity contribution in [3.05, 3.63) is 106 Å². The van der Waals surface area contributed by atoms with Gasteiger partial charge in [-0.2, -0.15) is 0 Å². The summed E-state index contributed by atoms with van der Waals surface area (Å²) in [5, 5.41) is 2.50. The van der Waals surface area contributed by atoms with Crippen molar-refractivity contribution in [2.24, 2.45) is 0 Å². The lowest BCUT2D eigenvalue weighted by molar-refractivity contribution is -0.120. The molecular formula is C26H19ClFN3O3. The molecule has 1 N–H and O–H groups in total. The molecule has 0 spiro atoms. The predicted molar refractivity (Wildman–Crippen MR) is 127 cm³/mol. The zero-order chi connectivity index (χ0) is 23.8. The minimum Gasteiger partial charge on any atom is -0.350 e. The van der Waals surface area contributed by atoms with Gasteiger partial charge < -0.3 is 10.2 Å². The van der Waals surface area contributed by atoms with Gasteiger partial charge in [-0.25, -0.2) is 9.29 Å². The molecule has 2 aliphatic heterocycles. The fourth-order valence-corrected chi connectivity index (χ4v) is 4.37. The molecule has 0 atom stereocenters. The fourth-order valence-electron chi connectivity index (χ4n) is 4.16. The molecule has 0 unspecified atom stereocenters. The molecule has 0 saturated carbocycles. The number of hydrogen-bond donors (Lipinski definition) is 1. The van der Waals surface area contributed by atoms with Gasteiger partial charge >= 0.3 is 0 Å². The number of para-hydroxylation sites is 1. The number of hydrogen-bond acceptors (Lipinski definition) is 4. The van der Waals surface area contributed by atoms with E-state index in [1.165, 1.54) is 23.8 Å². The van der Waals surface area contributed by atoms with Crippen LogP contribution in [0.3, 0.4) is 0 Å². The number of rotatable bonds is 4. The van der Waals surface area contributed by atoms with Crippen LogP contribution in [0.1, 0.15) is 21.5 Å². The van der Waals surface area contributed by atoms with Crippen LogP contribution in [0, 0.1) is 5.82 Å². The average Bonchev–Trinajstić information content (AvgIpc) is 3.07. The first-order valence-electron chi connectivity index (χ1n) is 10.7. The maximum absolute atomic E-state index is 14.2. The molecule has 3 aromatic carbocycles. The SMILES string of the molecule is O=C(c1ccc(NC2=C(Cl)C(=O)N(c3ccccc3F)C2=O)cc1)N1CCc2ccccc2C1. The number of nitrogens with one attached hydrogen (secondary N) is 1. The highest BCUT2D eigenvalue weighted by Gasteiger charge is 2.40. The Kier molecular flexibility index (Phi) is 5.63. The minimum atomic E-state index is -0.809. The van der Waals surface area contributed by atoms with E-state index < -0.39 is 17.6 Å². The molecule has 34 heavy (non-hydrogen) atoms. The van der Waals surface area contributed by atoms with Gasteiger partial charge in [0.1, 0.15) is 16.5 Å². The summed E-state index contributed by atoms with van der Waals surface area (Å²) in [6.07, 6.45) is 0.808. The van der Waals surface area contributed by atoms with Crippen LogP contribution in [0.15, 0.2) is 83.5 Å². The molecular weight excluding hydrogens is 457 g/mol. The molecule has 0 bridgehead atoms. The zero-order valence-corrected chi connectivity index (χ0v) is 18.7. The summed E-state index contributed by atoms with van der Waals surface area (Å²) in [4.78, 5) is 40.9. The van der Waals surface area contributed by atoms with Crippen molar-refractivity contribution in [2.75, 3.05) is 16.8 Å². The minimum absolute atomic E-state index is 0.0869. The normalized spacial score (nSPS) is 15.6. The van der Waals surface area contributed by atoms with Gasteiger partial charge in [0.15, 0.2) is 0 Å². The Morgan fingerprint density at radius 1 is 0.882 bits per heavy atom. The lowest BCUT2D eigenvalue weighted by Gasteiger charge is -2.29. The average molecular weight is 476 g/mol. The maximum Gasteiger partial charge on any atom is 0.283 e. The van der Waals surface area contributed by atoms with Crippen LogP contribution >= 0.6 is 11.6 Å². The third-order valence-corrected chi connectivity index (χ3v) is 6.29. The summed E-state index contributed by atoms with van der Waals surface area (Å²) in [6.45, 7) is 1.20. The molecule has 170 valence electrons. The summed E-state index contributed by atoms with van der Waals surface area (Å²) in [5.74, 6) is -2.36. The van der Waals surface area contributed by atoms with Crippen molar-refractivity contribution in [1.82, 2.24) is 4.90 Å². The quantitative estimate of drug-likeness (QED) is 0.566. The lowest BCUT2D eigenvalue weighted by Crippen LogP contribution is -2.35. The van der Waals surface area contributed by atoms with Gasteiger partial charge in [-0.3, -0.25) is 14.4 Å².